The van der Waals surface area contributed by atoms with Crippen LogP contribution >= 0.6 is 0 Å². The Bertz CT molecular complexity index is 966. The minimum atomic E-state index is -1.75. The number of hydroxylamine groups is 2. The first-order valence-corrected chi connectivity index (χ1v) is 9.77. The summed E-state index contributed by atoms with van der Waals surface area (Å²) < 4.78 is 5.13. The average Bonchev–Trinajstić information content (AvgIpc) is 3.27. The fourth-order valence-corrected chi connectivity index (χ4v) is 1.42. The maximum atomic E-state index is 11.5. The summed E-state index contributed by atoms with van der Waals surface area (Å²) in [7, 11) is 3.59. The third-order valence-corrected chi connectivity index (χ3v) is 3.28. The summed E-state index contributed by atoms with van der Waals surface area (Å²) in [5.74, 6) is 1.12. The maximum Gasteiger partial charge on any atom is 3.00 e. The standard InChI is InChI=1S/2C8H14N4O.3NO3.Tb/c2*1-8(2,3)12(13)5-7-10-9-6-11(7)4;3*2-1(3)4;/h2*5-6H,1-4H3;;;;/q;;3*-1;+3/b2*12-5-;;;;. The van der Waals surface area contributed by atoms with Crippen LogP contribution in [-0.4, -0.2) is 77.8 Å². The van der Waals surface area contributed by atoms with Crippen molar-refractivity contribution in [3.05, 3.63) is 80.7 Å². The SMILES string of the molecule is Cn1cnnc1/C=[N+](\[O-])C(C)(C)C.Cn1cnnc1/C=[N+](\[O-])C(C)(C)C.O=[N+]([O-])[O-].O=[N+]([O-])[O-].O=[N+]([O-])[O-].[Tb+3]. The summed E-state index contributed by atoms with van der Waals surface area (Å²) in [6, 6.07) is 0. The predicted molar refractivity (Wildman–Crippen MR) is 130 cm³/mol. The molecule has 0 amide bonds. The molecule has 2 heterocycles. The van der Waals surface area contributed by atoms with Gasteiger partial charge in [0.25, 0.3) is 0 Å². The molecule has 22 nitrogen and oxygen atoms in total. The van der Waals surface area contributed by atoms with Crippen molar-refractivity contribution in [2.24, 2.45) is 14.1 Å². The van der Waals surface area contributed by atoms with Crippen molar-refractivity contribution >= 4 is 12.4 Å². The van der Waals surface area contributed by atoms with E-state index in [0.717, 1.165) is 9.48 Å². The van der Waals surface area contributed by atoms with Gasteiger partial charge < -0.3 is 65.5 Å². The fraction of sp³-hybridized carbons (Fsp3) is 0.625. The number of aromatic nitrogens is 6. The van der Waals surface area contributed by atoms with E-state index in [4.69, 9.17) is 46.0 Å². The van der Waals surface area contributed by atoms with Gasteiger partial charge in [-0.2, -0.15) is 0 Å². The molecule has 0 aliphatic heterocycles. The van der Waals surface area contributed by atoms with E-state index in [9.17, 15) is 10.4 Å². The van der Waals surface area contributed by atoms with E-state index in [1.165, 1.54) is 12.4 Å². The van der Waals surface area contributed by atoms with Gasteiger partial charge in [-0.1, -0.05) is 0 Å². The van der Waals surface area contributed by atoms with E-state index in [-0.39, 0.29) is 38.6 Å². The van der Waals surface area contributed by atoms with Gasteiger partial charge in [-0.05, 0) is 0 Å². The Morgan fingerprint density at radius 1 is 0.615 bits per heavy atom. The molecule has 0 unspecified atom stereocenters. The molecule has 0 atom stereocenters. The normalized spacial score (nSPS) is 10.8. The van der Waals surface area contributed by atoms with Gasteiger partial charge >= 0.3 is 38.6 Å². The van der Waals surface area contributed by atoms with Gasteiger partial charge in [-0.25, -0.2) is 9.48 Å². The Labute approximate surface area is 251 Å². The van der Waals surface area contributed by atoms with Crippen LogP contribution in [0.5, 0.6) is 0 Å². The molecule has 0 aliphatic carbocycles. The molecule has 0 bridgehead atoms. The van der Waals surface area contributed by atoms with Crippen molar-refractivity contribution in [1.82, 2.24) is 29.5 Å². The number of hydrogen-bond donors (Lipinski definition) is 0. The Morgan fingerprint density at radius 2 is 0.821 bits per heavy atom. The zero-order chi connectivity index (χ0) is 30.9. The summed E-state index contributed by atoms with van der Waals surface area (Å²) >= 11 is 0. The molecule has 2 rings (SSSR count). The van der Waals surface area contributed by atoms with Crippen LogP contribution in [0.2, 0.25) is 0 Å². The fourth-order valence-electron chi connectivity index (χ4n) is 1.42. The molecule has 0 aromatic carbocycles. The Morgan fingerprint density at radius 3 is 0.949 bits per heavy atom. The number of nitrogens with zero attached hydrogens (tertiary/aromatic N) is 11. The molecule has 2 aromatic heterocycles. The van der Waals surface area contributed by atoms with Crippen LogP contribution in [-0.2, 0) is 14.1 Å². The predicted octanol–water partition coefficient (Wildman–Crippen LogP) is 0.368. The van der Waals surface area contributed by atoms with E-state index >= 15 is 0 Å². The minimum absolute atomic E-state index is 0. The molecule has 0 aliphatic rings. The smallest absolute Gasteiger partial charge is 0.623 e. The van der Waals surface area contributed by atoms with Crippen LogP contribution < -0.4 is 0 Å². The molecule has 0 N–H and O–H groups in total. The van der Waals surface area contributed by atoms with E-state index in [1.807, 2.05) is 41.5 Å². The van der Waals surface area contributed by atoms with Gasteiger partial charge in [0.05, 0.1) is 15.3 Å². The second-order valence-corrected chi connectivity index (χ2v) is 8.52. The van der Waals surface area contributed by atoms with Crippen molar-refractivity contribution in [3.8, 4) is 0 Å². The van der Waals surface area contributed by atoms with Crippen LogP contribution in [0.4, 0.5) is 0 Å². The van der Waals surface area contributed by atoms with Crippen LogP contribution in [0.3, 0.4) is 0 Å². The van der Waals surface area contributed by atoms with Crippen molar-refractivity contribution in [2.75, 3.05) is 0 Å². The second kappa shape index (κ2) is 20.1. The molecule has 0 fully saturated rings. The summed E-state index contributed by atoms with van der Waals surface area (Å²) in [5.41, 5.74) is -0.877. The molecule has 0 saturated heterocycles. The van der Waals surface area contributed by atoms with E-state index in [0.29, 0.717) is 11.6 Å². The maximum absolute atomic E-state index is 11.5. The monoisotopic (exact) mass is 709 g/mol. The largest absolute Gasteiger partial charge is 3.00 e. The molecule has 23 heteroatoms. The third-order valence-electron chi connectivity index (χ3n) is 3.28. The van der Waals surface area contributed by atoms with Gasteiger partial charge in [0.15, 0.2) is 11.1 Å². The zero-order valence-electron chi connectivity index (χ0n) is 22.1. The topological polar surface area (TPSA) is 312 Å². The van der Waals surface area contributed by atoms with E-state index < -0.39 is 26.3 Å². The summed E-state index contributed by atoms with van der Waals surface area (Å²) in [6.45, 7) is 11.0. The Hall–Kier alpha value is -3.89. The molecule has 0 spiro atoms. The first kappa shape index (κ1) is 42.2. The average molecular weight is 709 g/mol. The Balaban J connectivity index is -0.000000220. The van der Waals surface area contributed by atoms with Crippen LogP contribution in [0.1, 0.15) is 53.2 Å². The summed E-state index contributed by atoms with van der Waals surface area (Å²) in [6.07, 6.45) is 5.99. The van der Waals surface area contributed by atoms with Gasteiger partial charge in [0, 0.05) is 55.6 Å². The number of rotatable bonds is 2. The second-order valence-electron chi connectivity index (χ2n) is 8.52. The molecular weight excluding hydrogens is 681 g/mol. The third kappa shape index (κ3) is 27.0. The van der Waals surface area contributed by atoms with Gasteiger partial charge in [-0.3, -0.25) is 0 Å². The van der Waals surface area contributed by atoms with E-state index in [1.54, 1.807) is 35.9 Å². The summed E-state index contributed by atoms with van der Waals surface area (Å²) in [5, 5.41) is 82.1. The van der Waals surface area contributed by atoms with Crippen molar-refractivity contribution in [2.45, 2.75) is 52.6 Å². The molecule has 0 radical (unpaired) electrons. The van der Waals surface area contributed by atoms with Gasteiger partial charge in [0.1, 0.15) is 12.7 Å². The van der Waals surface area contributed by atoms with Gasteiger partial charge in [0.2, 0.25) is 24.1 Å². The van der Waals surface area contributed by atoms with Crippen molar-refractivity contribution in [3.63, 3.8) is 0 Å². The van der Waals surface area contributed by atoms with Gasteiger partial charge in [-0.15, -0.1) is 20.4 Å². The summed E-state index contributed by atoms with van der Waals surface area (Å²) in [4.78, 5) is 24.8. The molecule has 2 aromatic rings. The number of hydrogen-bond acceptors (Lipinski definition) is 15. The van der Waals surface area contributed by atoms with Crippen molar-refractivity contribution in [1.29, 1.82) is 0 Å². The first-order valence-electron chi connectivity index (χ1n) is 9.77. The van der Waals surface area contributed by atoms with Crippen LogP contribution in [0.15, 0.2) is 12.7 Å². The van der Waals surface area contributed by atoms with Crippen molar-refractivity contribution < 1.29 is 63.3 Å². The minimum Gasteiger partial charge on any atom is -0.623 e. The molecule has 0 saturated carbocycles. The molecular formula is C16H28N11O11Tb. The van der Waals surface area contributed by atoms with E-state index in [2.05, 4.69) is 20.4 Å². The van der Waals surface area contributed by atoms with Crippen LogP contribution in [0.25, 0.3) is 0 Å². The zero-order valence-corrected chi connectivity index (χ0v) is 24.2. The molecule has 222 valence electrons. The first-order chi connectivity index (χ1) is 17.0. The number of aryl methyl sites for hydroxylation is 2. The quantitative estimate of drug-likeness (QED) is 0.134. The van der Waals surface area contributed by atoms with Crippen LogP contribution in [0, 0.1) is 95.0 Å². The molecule has 39 heavy (non-hydrogen) atoms. The Kier molecular flexibility index (Phi) is 21.8.